The molecule has 1 fully saturated rings. The van der Waals surface area contributed by atoms with Crippen LogP contribution in [0.15, 0.2) is 24.3 Å². The van der Waals surface area contributed by atoms with Crippen molar-refractivity contribution in [1.29, 1.82) is 0 Å². The molecule has 1 aromatic rings. The van der Waals surface area contributed by atoms with E-state index < -0.39 is 15.7 Å². The van der Waals surface area contributed by atoms with Crippen molar-refractivity contribution in [3.05, 3.63) is 35.6 Å². The first-order valence-electron chi connectivity index (χ1n) is 7.03. The molecule has 5 nitrogen and oxygen atoms in total. The Balaban J connectivity index is 1.87. The maximum Gasteiger partial charge on any atom is 0.223 e. The highest BCUT2D eigenvalue weighted by molar-refractivity contribution is 7.91. The molecule has 1 aliphatic heterocycles. The van der Waals surface area contributed by atoms with Crippen LogP contribution in [0.2, 0.25) is 0 Å². The Morgan fingerprint density at radius 3 is 2.41 bits per heavy atom. The van der Waals surface area contributed by atoms with E-state index in [2.05, 4.69) is 0 Å². The van der Waals surface area contributed by atoms with Gasteiger partial charge in [0.05, 0.1) is 11.5 Å². The number of halogens is 1. The maximum atomic E-state index is 12.8. The fourth-order valence-corrected chi connectivity index (χ4v) is 4.24. The number of sulfone groups is 1. The zero-order valence-corrected chi connectivity index (χ0v) is 13.1. The van der Waals surface area contributed by atoms with Crippen LogP contribution in [0, 0.1) is 5.82 Å². The second kappa shape index (κ2) is 6.56. The highest BCUT2D eigenvalue weighted by Crippen LogP contribution is 2.18. The van der Waals surface area contributed by atoms with E-state index >= 15 is 0 Å². The Hall–Kier alpha value is -1.76. The van der Waals surface area contributed by atoms with E-state index in [1.165, 1.54) is 29.2 Å². The molecule has 1 saturated heterocycles. The molecule has 0 aromatic heterocycles. The van der Waals surface area contributed by atoms with Gasteiger partial charge in [0.1, 0.15) is 5.82 Å². The summed E-state index contributed by atoms with van der Waals surface area (Å²) in [6, 6.07) is 4.86. The fourth-order valence-electron chi connectivity index (χ4n) is 2.46. The van der Waals surface area contributed by atoms with Gasteiger partial charge in [-0.2, -0.15) is 0 Å². The second-order valence-corrected chi connectivity index (χ2v) is 7.72. The minimum Gasteiger partial charge on any atom is -0.342 e. The van der Waals surface area contributed by atoms with Crippen LogP contribution in [0.4, 0.5) is 4.39 Å². The Morgan fingerprint density at radius 1 is 1.23 bits per heavy atom. The summed E-state index contributed by atoms with van der Waals surface area (Å²) in [6.07, 6.45) is 0.480. The number of carbonyl (C=O) groups is 2. The van der Waals surface area contributed by atoms with Crippen LogP contribution in [-0.2, 0) is 14.6 Å². The molecule has 22 heavy (non-hydrogen) atoms. The Morgan fingerprint density at radius 2 is 1.86 bits per heavy atom. The van der Waals surface area contributed by atoms with Crippen LogP contribution in [0.25, 0.3) is 0 Å². The van der Waals surface area contributed by atoms with E-state index in [4.69, 9.17) is 0 Å². The van der Waals surface area contributed by atoms with E-state index in [9.17, 15) is 22.4 Å². The van der Waals surface area contributed by atoms with E-state index in [0.29, 0.717) is 12.0 Å². The van der Waals surface area contributed by atoms with Crippen molar-refractivity contribution in [3.8, 4) is 0 Å². The van der Waals surface area contributed by atoms with Gasteiger partial charge in [-0.1, -0.05) is 0 Å². The topological polar surface area (TPSA) is 71.5 Å². The van der Waals surface area contributed by atoms with Crippen LogP contribution in [0.1, 0.15) is 29.6 Å². The minimum absolute atomic E-state index is 0.0127. The molecule has 0 N–H and O–H groups in total. The quantitative estimate of drug-likeness (QED) is 0.767. The molecule has 1 aliphatic rings. The van der Waals surface area contributed by atoms with Crippen molar-refractivity contribution in [1.82, 2.24) is 4.90 Å². The third-order valence-corrected chi connectivity index (χ3v) is 5.63. The fraction of sp³-hybridized carbons (Fsp3) is 0.467. The van der Waals surface area contributed by atoms with Crippen LogP contribution in [-0.4, -0.2) is 49.6 Å². The van der Waals surface area contributed by atoms with Crippen LogP contribution in [0.3, 0.4) is 0 Å². The lowest BCUT2D eigenvalue weighted by Gasteiger charge is -2.23. The summed E-state index contributed by atoms with van der Waals surface area (Å²) in [4.78, 5) is 25.4. The molecule has 0 bridgehead atoms. The van der Waals surface area contributed by atoms with E-state index in [0.717, 1.165) is 0 Å². The standard InChI is InChI=1S/C15H18FNO4S/c1-17(13-8-9-22(20,21)10-13)15(19)7-6-14(18)11-2-4-12(16)5-3-11/h2-5,13H,6-10H2,1H3/t13-/m0/s1. The first-order chi connectivity index (χ1) is 10.3. The van der Waals surface area contributed by atoms with E-state index in [-0.39, 0.29) is 42.1 Å². The van der Waals surface area contributed by atoms with Gasteiger partial charge in [0.2, 0.25) is 5.91 Å². The summed E-state index contributed by atoms with van der Waals surface area (Å²) >= 11 is 0. The lowest BCUT2D eigenvalue weighted by Crippen LogP contribution is -2.37. The summed E-state index contributed by atoms with van der Waals surface area (Å²) in [6.45, 7) is 0. The van der Waals surface area contributed by atoms with Gasteiger partial charge in [0.25, 0.3) is 0 Å². The summed E-state index contributed by atoms with van der Waals surface area (Å²) in [5, 5.41) is 0. The number of hydrogen-bond acceptors (Lipinski definition) is 4. The number of rotatable bonds is 5. The largest absolute Gasteiger partial charge is 0.342 e. The average molecular weight is 327 g/mol. The lowest BCUT2D eigenvalue weighted by molar-refractivity contribution is -0.131. The predicted octanol–water partition coefficient (Wildman–Crippen LogP) is 1.43. The molecular weight excluding hydrogens is 309 g/mol. The third kappa shape index (κ3) is 4.13. The van der Waals surface area contributed by atoms with E-state index in [1.807, 2.05) is 0 Å². The highest BCUT2D eigenvalue weighted by Gasteiger charge is 2.32. The second-order valence-electron chi connectivity index (χ2n) is 5.49. The third-order valence-electron chi connectivity index (χ3n) is 3.88. The van der Waals surface area contributed by atoms with Crippen molar-refractivity contribution in [2.24, 2.45) is 0 Å². The van der Waals surface area contributed by atoms with Crippen molar-refractivity contribution >= 4 is 21.5 Å². The molecule has 0 radical (unpaired) electrons. The molecule has 1 amide bonds. The normalized spacial score (nSPS) is 19.8. The minimum atomic E-state index is -3.05. The van der Waals surface area contributed by atoms with Gasteiger partial charge in [-0.25, -0.2) is 12.8 Å². The average Bonchev–Trinajstić information content (AvgIpc) is 2.84. The number of ketones is 1. The summed E-state index contributed by atoms with van der Waals surface area (Å²) < 4.78 is 35.6. The lowest BCUT2D eigenvalue weighted by atomic mass is 10.1. The molecule has 0 spiro atoms. The number of Topliss-reactive ketones (excluding diaryl/α,β-unsaturated/α-hetero) is 1. The van der Waals surface area contributed by atoms with Gasteiger partial charge in [0.15, 0.2) is 15.6 Å². The van der Waals surface area contributed by atoms with Crippen molar-refractivity contribution < 1.29 is 22.4 Å². The SMILES string of the molecule is CN(C(=O)CCC(=O)c1ccc(F)cc1)[C@H]1CCS(=O)(=O)C1. The molecule has 1 heterocycles. The Bertz CT molecular complexity index is 669. The molecular formula is C15H18FNO4S. The van der Waals surface area contributed by atoms with E-state index in [1.54, 1.807) is 7.05 Å². The van der Waals surface area contributed by atoms with Gasteiger partial charge in [-0.3, -0.25) is 9.59 Å². The molecule has 0 saturated carbocycles. The van der Waals surface area contributed by atoms with Gasteiger partial charge < -0.3 is 4.90 Å². The Labute approximate surface area is 129 Å². The van der Waals surface area contributed by atoms with Gasteiger partial charge >= 0.3 is 0 Å². The molecule has 0 aliphatic carbocycles. The monoisotopic (exact) mass is 327 g/mol. The molecule has 1 atom stereocenters. The summed E-state index contributed by atoms with van der Waals surface area (Å²) in [7, 11) is -1.48. The molecule has 2 rings (SSSR count). The van der Waals surface area contributed by atoms with Gasteiger partial charge in [-0.15, -0.1) is 0 Å². The highest BCUT2D eigenvalue weighted by atomic mass is 32.2. The predicted molar refractivity (Wildman–Crippen MR) is 79.8 cm³/mol. The number of carbonyl (C=O) groups excluding carboxylic acids is 2. The number of nitrogens with zero attached hydrogens (tertiary/aromatic N) is 1. The van der Waals surface area contributed by atoms with Crippen LogP contribution >= 0.6 is 0 Å². The first-order valence-corrected chi connectivity index (χ1v) is 8.85. The van der Waals surface area contributed by atoms with Crippen LogP contribution < -0.4 is 0 Å². The zero-order valence-electron chi connectivity index (χ0n) is 12.3. The zero-order chi connectivity index (χ0) is 16.3. The molecule has 7 heteroatoms. The maximum absolute atomic E-state index is 12.8. The van der Waals surface area contributed by atoms with Gasteiger partial charge in [0, 0.05) is 31.5 Å². The number of amides is 1. The number of benzene rings is 1. The smallest absolute Gasteiger partial charge is 0.223 e. The van der Waals surface area contributed by atoms with Crippen molar-refractivity contribution in [3.63, 3.8) is 0 Å². The first kappa shape index (κ1) is 16.6. The molecule has 120 valence electrons. The summed E-state index contributed by atoms with van der Waals surface area (Å²) in [5.41, 5.74) is 0.361. The molecule has 0 unspecified atom stereocenters. The van der Waals surface area contributed by atoms with Crippen LogP contribution in [0.5, 0.6) is 0 Å². The molecule has 1 aromatic carbocycles. The number of hydrogen-bond donors (Lipinski definition) is 0. The van der Waals surface area contributed by atoms with Crippen molar-refractivity contribution in [2.75, 3.05) is 18.6 Å². The Kier molecular flexibility index (Phi) is 4.95. The summed E-state index contributed by atoms with van der Waals surface area (Å²) in [5.74, 6) is -0.821. The van der Waals surface area contributed by atoms with Crippen molar-refractivity contribution in [2.45, 2.75) is 25.3 Å². The van der Waals surface area contributed by atoms with Gasteiger partial charge in [-0.05, 0) is 30.7 Å².